The lowest BCUT2D eigenvalue weighted by atomic mass is 9.96. The maximum atomic E-state index is 10.0. The third-order valence-electron chi connectivity index (χ3n) is 3.49. The van der Waals surface area contributed by atoms with Gasteiger partial charge in [-0.2, -0.15) is 0 Å². The van der Waals surface area contributed by atoms with Crippen LogP contribution in [0.4, 0.5) is 0 Å². The average Bonchev–Trinajstić information content (AvgIpc) is 3.05. The minimum Gasteiger partial charge on any atom is -0.391 e. The molecule has 2 rings (SSSR count). The van der Waals surface area contributed by atoms with Crippen LogP contribution in [0.1, 0.15) is 30.4 Å². The summed E-state index contributed by atoms with van der Waals surface area (Å²) in [5.74, 6) is 0.779. The first kappa shape index (κ1) is 11.6. The van der Waals surface area contributed by atoms with Crippen molar-refractivity contribution >= 4 is 0 Å². The maximum absolute atomic E-state index is 10.0. The second-order valence-corrected chi connectivity index (χ2v) is 5.04. The zero-order valence-electron chi connectivity index (χ0n) is 9.89. The summed E-state index contributed by atoms with van der Waals surface area (Å²) in [5, 5.41) is 10.0. The minimum absolute atomic E-state index is 0.0629. The van der Waals surface area contributed by atoms with E-state index in [-0.39, 0.29) is 6.04 Å². The number of aryl methyl sites for hydroxylation is 1. The quantitative estimate of drug-likeness (QED) is 0.796. The van der Waals surface area contributed by atoms with Crippen molar-refractivity contribution in [2.24, 2.45) is 11.7 Å². The Kier molecular flexibility index (Phi) is 3.62. The molecule has 1 aliphatic rings. The highest BCUT2D eigenvalue weighted by Gasteiger charge is 2.27. The summed E-state index contributed by atoms with van der Waals surface area (Å²) >= 11 is 0. The van der Waals surface area contributed by atoms with Gasteiger partial charge in [-0.3, -0.25) is 0 Å². The predicted molar refractivity (Wildman–Crippen MR) is 66.2 cm³/mol. The van der Waals surface area contributed by atoms with Crippen LogP contribution in [0.2, 0.25) is 0 Å². The molecule has 1 aromatic rings. The molecule has 0 radical (unpaired) electrons. The molecule has 2 heteroatoms. The number of hydrogen-bond acceptors (Lipinski definition) is 2. The largest absolute Gasteiger partial charge is 0.391 e. The van der Waals surface area contributed by atoms with E-state index in [2.05, 4.69) is 19.1 Å². The van der Waals surface area contributed by atoms with Gasteiger partial charge in [0.05, 0.1) is 6.10 Å². The van der Waals surface area contributed by atoms with Crippen molar-refractivity contribution < 1.29 is 5.11 Å². The molecule has 2 atom stereocenters. The Bertz CT molecular complexity index is 346. The summed E-state index contributed by atoms with van der Waals surface area (Å²) in [7, 11) is 0. The fourth-order valence-corrected chi connectivity index (χ4v) is 2.11. The molecule has 2 nitrogen and oxygen atoms in total. The predicted octanol–water partition coefficient (Wildman–Crippen LogP) is 2.03. The molecule has 0 aromatic heterocycles. The Hall–Kier alpha value is -0.860. The van der Waals surface area contributed by atoms with Crippen molar-refractivity contribution in [2.45, 2.75) is 44.8 Å². The number of hydrogen-bond donors (Lipinski definition) is 2. The molecule has 0 aliphatic heterocycles. The normalized spacial score (nSPS) is 19.4. The molecule has 1 fully saturated rings. The van der Waals surface area contributed by atoms with Gasteiger partial charge in [-0.15, -0.1) is 0 Å². The lowest BCUT2D eigenvalue weighted by Gasteiger charge is -2.19. The number of benzene rings is 1. The summed E-state index contributed by atoms with van der Waals surface area (Å²) in [6.45, 7) is 2.08. The summed E-state index contributed by atoms with van der Waals surface area (Å²) in [4.78, 5) is 0. The van der Waals surface area contributed by atoms with Gasteiger partial charge in [0.25, 0.3) is 0 Å². The van der Waals surface area contributed by atoms with E-state index >= 15 is 0 Å². The molecule has 0 bridgehead atoms. The Morgan fingerprint density at radius 3 is 2.69 bits per heavy atom. The van der Waals surface area contributed by atoms with E-state index in [9.17, 15) is 5.11 Å². The van der Waals surface area contributed by atoms with Crippen LogP contribution in [-0.4, -0.2) is 17.3 Å². The van der Waals surface area contributed by atoms with E-state index in [0.717, 1.165) is 12.3 Å². The van der Waals surface area contributed by atoms with Gasteiger partial charge in [0, 0.05) is 12.5 Å². The Morgan fingerprint density at radius 1 is 1.38 bits per heavy atom. The topological polar surface area (TPSA) is 46.2 Å². The van der Waals surface area contributed by atoms with Gasteiger partial charge in [0.15, 0.2) is 0 Å². The van der Waals surface area contributed by atoms with Crippen molar-refractivity contribution in [3.63, 3.8) is 0 Å². The number of rotatable bonds is 5. The number of aliphatic hydroxyl groups is 1. The summed E-state index contributed by atoms with van der Waals surface area (Å²) in [6.07, 6.45) is 3.85. The Labute approximate surface area is 97.5 Å². The van der Waals surface area contributed by atoms with E-state index in [1.807, 2.05) is 12.1 Å². The van der Waals surface area contributed by atoms with Crippen molar-refractivity contribution in [3.05, 3.63) is 35.4 Å². The molecule has 1 saturated carbocycles. The summed E-state index contributed by atoms with van der Waals surface area (Å²) in [6, 6.07) is 8.13. The fraction of sp³-hybridized carbons (Fsp3) is 0.571. The van der Waals surface area contributed by atoms with E-state index in [1.165, 1.54) is 24.0 Å². The highest BCUT2D eigenvalue weighted by Crippen LogP contribution is 2.33. The molecule has 0 heterocycles. The van der Waals surface area contributed by atoms with Gasteiger partial charge < -0.3 is 10.8 Å². The lowest BCUT2D eigenvalue weighted by molar-refractivity contribution is 0.138. The van der Waals surface area contributed by atoms with Crippen molar-refractivity contribution in [1.29, 1.82) is 0 Å². The van der Waals surface area contributed by atoms with E-state index in [1.54, 1.807) is 0 Å². The number of nitrogens with two attached hydrogens (primary N) is 1. The van der Waals surface area contributed by atoms with Crippen LogP contribution < -0.4 is 5.73 Å². The third kappa shape index (κ3) is 3.06. The smallest absolute Gasteiger partial charge is 0.0731 e. The first-order chi connectivity index (χ1) is 7.66. The molecule has 2 unspecified atom stereocenters. The second kappa shape index (κ2) is 4.98. The minimum atomic E-state index is -0.401. The lowest BCUT2D eigenvalue weighted by Crippen LogP contribution is -2.36. The second-order valence-electron chi connectivity index (χ2n) is 5.04. The van der Waals surface area contributed by atoms with Gasteiger partial charge in [-0.1, -0.05) is 37.1 Å². The molecule has 3 N–H and O–H groups in total. The molecular weight excluding hydrogens is 198 g/mol. The van der Waals surface area contributed by atoms with Crippen LogP contribution in [0.25, 0.3) is 0 Å². The zero-order chi connectivity index (χ0) is 11.5. The molecule has 1 aromatic carbocycles. The summed E-state index contributed by atoms with van der Waals surface area (Å²) < 4.78 is 0. The van der Waals surface area contributed by atoms with Crippen molar-refractivity contribution in [2.75, 3.05) is 0 Å². The van der Waals surface area contributed by atoms with Gasteiger partial charge in [-0.25, -0.2) is 0 Å². The Morgan fingerprint density at radius 2 is 2.06 bits per heavy atom. The van der Waals surface area contributed by atoms with Crippen LogP contribution in [0, 0.1) is 12.8 Å². The molecule has 0 amide bonds. The van der Waals surface area contributed by atoms with Crippen molar-refractivity contribution in [1.82, 2.24) is 0 Å². The van der Waals surface area contributed by atoms with Gasteiger partial charge >= 0.3 is 0 Å². The van der Waals surface area contributed by atoms with E-state index in [0.29, 0.717) is 6.42 Å². The van der Waals surface area contributed by atoms with Crippen molar-refractivity contribution in [3.8, 4) is 0 Å². The first-order valence-electron chi connectivity index (χ1n) is 6.15. The molecule has 16 heavy (non-hydrogen) atoms. The fourth-order valence-electron chi connectivity index (χ4n) is 2.11. The molecule has 88 valence electrons. The SMILES string of the molecule is Cc1ccccc1CC(O)C(N)CC1CC1. The highest BCUT2D eigenvalue weighted by molar-refractivity contribution is 5.26. The monoisotopic (exact) mass is 219 g/mol. The zero-order valence-corrected chi connectivity index (χ0v) is 9.89. The van der Waals surface area contributed by atoms with Gasteiger partial charge in [-0.05, 0) is 30.4 Å². The number of aliphatic hydroxyl groups excluding tert-OH is 1. The molecule has 0 spiro atoms. The van der Waals surface area contributed by atoms with Crippen LogP contribution in [0.15, 0.2) is 24.3 Å². The maximum Gasteiger partial charge on any atom is 0.0731 e. The highest BCUT2D eigenvalue weighted by atomic mass is 16.3. The first-order valence-corrected chi connectivity index (χ1v) is 6.15. The van der Waals surface area contributed by atoms with Crippen LogP contribution in [0.3, 0.4) is 0 Å². The van der Waals surface area contributed by atoms with Gasteiger partial charge in [0.1, 0.15) is 0 Å². The van der Waals surface area contributed by atoms with Gasteiger partial charge in [0.2, 0.25) is 0 Å². The third-order valence-corrected chi connectivity index (χ3v) is 3.49. The summed E-state index contributed by atoms with van der Waals surface area (Å²) in [5.41, 5.74) is 8.45. The van der Waals surface area contributed by atoms with Crippen LogP contribution in [-0.2, 0) is 6.42 Å². The Balaban J connectivity index is 1.90. The van der Waals surface area contributed by atoms with E-state index in [4.69, 9.17) is 5.73 Å². The van der Waals surface area contributed by atoms with Crippen LogP contribution >= 0.6 is 0 Å². The molecular formula is C14H21NO. The standard InChI is InChI=1S/C14H21NO/c1-10-4-2-3-5-12(10)9-14(16)13(15)8-11-6-7-11/h2-5,11,13-14,16H,6-9,15H2,1H3. The molecule has 0 saturated heterocycles. The average molecular weight is 219 g/mol. The van der Waals surface area contributed by atoms with E-state index < -0.39 is 6.10 Å². The van der Waals surface area contributed by atoms with Crippen LogP contribution in [0.5, 0.6) is 0 Å². The molecule has 1 aliphatic carbocycles.